The first-order valence-corrected chi connectivity index (χ1v) is 7.34. The lowest BCUT2D eigenvalue weighted by molar-refractivity contribution is 0.0264. The van der Waals surface area contributed by atoms with E-state index in [2.05, 4.69) is 9.97 Å². The van der Waals surface area contributed by atoms with Gasteiger partial charge in [-0.2, -0.15) is 0 Å². The second-order valence-corrected chi connectivity index (χ2v) is 6.24. The van der Waals surface area contributed by atoms with Crippen molar-refractivity contribution in [3.05, 3.63) is 27.4 Å². The van der Waals surface area contributed by atoms with Crippen molar-refractivity contribution in [1.29, 1.82) is 0 Å². The standard InChI is InChI=1S/C15H23N3O3/c1-8(2)13-16-9(3)12(14(20)17-13)15(21)18(4)7-10-5-11(19)6-10/h8,10-11,19H,5-7H2,1-4H3,(H,16,17,20). The predicted molar refractivity (Wildman–Crippen MR) is 79.4 cm³/mol. The number of H-pyrrole nitrogens is 1. The molecule has 0 bridgehead atoms. The van der Waals surface area contributed by atoms with Crippen LogP contribution in [0.4, 0.5) is 0 Å². The van der Waals surface area contributed by atoms with Crippen LogP contribution in [0.25, 0.3) is 0 Å². The molecule has 6 heteroatoms. The summed E-state index contributed by atoms with van der Waals surface area (Å²) >= 11 is 0. The molecule has 1 aromatic heterocycles. The molecule has 1 saturated carbocycles. The number of nitrogens with zero attached hydrogens (tertiary/aromatic N) is 2. The largest absolute Gasteiger partial charge is 0.393 e. The van der Waals surface area contributed by atoms with Crippen LogP contribution in [0.5, 0.6) is 0 Å². The van der Waals surface area contributed by atoms with Gasteiger partial charge in [-0.05, 0) is 25.7 Å². The minimum atomic E-state index is -0.378. The van der Waals surface area contributed by atoms with Gasteiger partial charge in [0.2, 0.25) is 0 Å². The minimum absolute atomic E-state index is 0.106. The van der Waals surface area contributed by atoms with Gasteiger partial charge in [-0.15, -0.1) is 0 Å². The van der Waals surface area contributed by atoms with Gasteiger partial charge in [-0.3, -0.25) is 9.59 Å². The third-order valence-electron chi connectivity index (χ3n) is 3.97. The zero-order chi connectivity index (χ0) is 15.7. The first-order chi connectivity index (χ1) is 9.79. The highest BCUT2D eigenvalue weighted by molar-refractivity contribution is 5.94. The molecule has 2 N–H and O–H groups in total. The van der Waals surface area contributed by atoms with E-state index in [9.17, 15) is 14.7 Å². The van der Waals surface area contributed by atoms with Gasteiger partial charge in [-0.25, -0.2) is 4.98 Å². The van der Waals surface area contributed by atoms with Crippen LogP contribution < -0.4 is 5.56 Å². The lowest BCUT2D eigenvalue weighted by atomic mass is 9.82. The zero-order valence-electron chi connectivity index (χ0n) is 13.0. The zero-order valence-corrected chi connectivity index (χ0v) is 13.0. The number of aliphatic hydroxyl groups excluding tert-OH is 1. The molecule has 0 saturated heterocycles. The van der Waals surface area contributed by atoms with E-state index in [1.165, 1.54) is 0 Å². The number of nitrogens with one attached hydrogen (secondary N) is 1. The highest BCUT2D eigenvalue weighted by Crippen LogP contribution is 2.27. The Kier molecular flexibility index (Phi) is 4.46. The van der Waals surface area contributed by atoms with Gasteiger partial charge in [0.05, 0.1) is 11.8 Å². The molecular formula is C15H23N3O3. The SMILES string of the molecule is Cc1nc(C(C)C)[nH]c(=O)c1C(=O)N(C)CC1CC(O)C1. The normalized spacial score (nSPS) is 21.2. The molecule has 0 radical (unpaired) electrons. The van der Waals surface area contributed by atoms with Crippen LogP contribution in [0.2, 0.25) is 0 Å². The number of aryl methyl sites for hydroxylation is 1. The monoisotopic (exact) mass is 293 g/mol. The van der Waals surface area contributed by atoms with Gasteiger partial charge < -0.3 is 15.0 Å². The molecule has 0 spiro atoms. The van der Waals surface area contributed by atoms with Crippen molar-refractivity contribution in [3.8, 4) is 0 Å². The van der Waals surface area contributed by atoms with E-state index in [1.807, 2.05) is 13.8 Å². The highest BCUT2D eigenvalue weighted by Gasteiger charge is 2.30. The molecule has 1 aliphatic carbocycles. The molecule has 6 nitrogen and oxygen atoms in total. The molecule has 1 aliphatic rings. The molecule has 0 aromatic carbocycles. The van der Waals surface area contributed by atoms with Crippen LogP contribution >= 0.6 is 0 Å². The number of aromatic amines is 1. The Labute approximate surface area is 124 Å². The van der Waals surface area contributed by atoms with Crippen molar-refractivity contribution >= 4 is 5.91 Å². The van der Waals surface area contributed by atoms with E-state index in [4.69, 9.17) is 0 Å². The van der Waals surface area contributed by atoms with Gasteiger partial charge >= 0.3 is 0 Å². The van der Waals surface area contributed by atoms with Gasteiger partial charge in [0, 0.05) is 19.5 Å². The molecule has 1 aromatic rings. The van der Waals surface area contributed by atoms with E-state index in [0.29, 0.717) is 24.0 Å². The topological polar surface area (TPSA) is 86.3 Å². The van der Waals surface area contributed by atoms with Gasteiger partial charge in [-0.1, -0.05) is 13.8 Å². The number of amides is 1. The number of hydrogen-bond donors (Lipinski definition) is 2. The molecule has 116 valence electrons. The minimum Gasteiger partial charge on any atom is -0.393 e. The van der Waals surface area contributed by atoms with Gasteiger partial charge in [0.1, 0.15) is 11.4 Å². The van der Waals surface area contributed by atoms with Crippen LogP contribution in [0, 0.1) is 12.8 Å². The van der Waals surface area contributed by atoms with Crippen molar-refractivity contribution in [2.24, 2.45) is 5.92 Å². The van der Waals surface area contributed by atoms with E-state index < -0.39 is 0 Å². The molecule has 1 amide bonds. The van der Waals surface area contributed by atoms with E-state index in [0.717, 1.165) is 12.8 Å². The van der Waals surface area contributed by atoms with E-state index in [1.54, 1.807) is 18.9 Å². The van der Waals surface area contributed by atoms with E-state index >= 15 is 0 Å². The fourth-order valence-electron chi connectivity index (χ4n) is 2.64. The van der Waals surface area contributed by atoms with E-state index in [-0.39, 0.29) is 29.1 Å². The second-order valence-electron chi connectivity index (χ2n) is 6.24. The first kappa shape index (κ1) is 15.7. The number of hydrogen-bond acceptors (Lipinski definition) is 4. The molecule has 1 fully saturated rings. The maximum absolute atomic E-state index is 12.4. The van der Waals surface area contributed by atoms with Crippen LogP contribution in [0.1, 0.15) is 54.5 Å². The Morgan fingerprint density at radius 3 is 2.57 bits per heavy atom. The van der Waals surface area contributed by atoms with Crippen LogP contribution in [-0.4, -0.2) is 45.6 Å². The molecule has 21 heavy (non-hydrogen) atoms. The summed E-state index contributed by atoms with van der Waals surface area (Å²) in [4.78, 5) is 33.1. The number of aromatic nitrogens is 2. The fourth-order valence-corrected chi connectivity index (χ4v) is 2.64. The smallest absolute Gasteiger partial charge is 0.264 e. The predicted octanol–water partition coefficient (Wildman–Crippen LogP) is 1.04. The molecule has 2 rings (SSSR count). The average molecular weight is 293 g/mol. The summed E-state index contributed by atoms with van der Waals surface area (Å²) < 4.78 is 0. The number of carbonyl (C=O) groups excluding carboxylic acids is 1. The Balaban J connectivity index is 2.17. The molecule has 0 atom stereocenters. The molecule has 0 aliphatic heterocycles. The Morgan fingerprint density at radius 1 is 1.48 bits per heavy atom. The summed E-state index contributed by atoms with van der Waals surface area (Å²) in [6.45, 7) is 6.12. The van der Waals surface area contributed by atoms with Crippen molar-refractivity contribution in [3.63, 3.8) is 0 Å². The van der Waals surface area contributed by atoms with Crippen LogP contribution in [0.15, 0.2) is 4.79 Å². The third kappa shape index (κ3) is 3.32. The number of aliphatic hydroxyl groups is 1. The summed E-state index contributed by atoms with van der Waals surface area (Å²) in [5.41, 5.74) is 0.200. The first-order valence-electron chi connectivity index (χ1n) is 7.34. The summed E-state index contributed by atoms with van der Waals surface area (Å²) in [6.07, 6.45) is 1.20. The highest BCUT2D eigenvalue weighted by atomic mass is 16.3. The van der Waals surface area contributed by atoms with Crippen molar-refractivity contribution in [2.45, 2.75) is 45.6 Å². The Morgan fingerprint density at radius 2 is 2.10 bits per heavy atom. The van der Waals surface area contributed by atoms with Crippen molar-refractivity contribution < 1.29 is 9.90 Å². The molecule has 1 heterocycles. The average Bonchev–Trinajstić information content (AvgIpc) is 2.35. The molecular weight excluding hydrogens is 270 g/mol. The summed E-state index contributed by atoms with van der Waals surface area (Å²) in [5, 5.41) is 9.29. The van der Waals surface area contributed by atoms with Crippen LogP contribution in [0.3, 0.4) is 0 Å². The Hall–Kier alpha value is -1.69. The fraction of sp³-hybridized carbons (Fsp3) is 0.667. The van der Waals surface area contributed by atoms with Gasteiger partial charge in [0.15, 0.2) is 0 Å². The summed E-state index contributed by atoms with van der Waals surface area (Å²) in [5.74, 6) is 0.711. The summed E-state index contributed by atoms with van der Waals surface area (Å²) in [6, 6.07) is 0. The second kappa shape index (κ2) is 5.97. The lowest BCUT2D eigenvalue weighted by Crippen LogP contribution is -2.41. The third-order valence-corrected chi connectivity index (χ3v) is 3.97. The molecule has 0 unspecified atom stereocenters. The lowest BCUT2D eigenvalue weighted by Gasteiger charge is -2.34. The number of carbonyl (C=O) groups is 1. The van der Waals surface area contributed by atoms with Crippen LogP contribution in [-0.2, 0) is 0 Å². The van der Waals surface area contributed by atoms with Gasteiger partial charge in [0.25, 0.3) is 11.5 Å². The maximum Gasteiger partial charge on any atom is 0.264 e. The van der Waals surface area contributed by atoms with Crippen molar-refractivity contribution in [2.75, 3.05) is 13.6 Å². The van der Waals surface area contributed by atoms with Crippen molar-refractivity contribution in [1.82, 2.24) is 14.9 Å². The Bertz CT molecular complexity index is 588. The number of rotatable bonds is 4. The quantitative estimate of drug-likeness (QED) is 0.868. The summed E-state index contributed by atoms with van der Waals surface area (Å²) in [7, 11) is 1.68. The maximum atomic E-state index is 12.4.